The fourth-order valence-corrected chi connectivity index (χ4v) is 2.06. The van der Waals surface area contributed by atoms with E-state index >= 15 is 0 Å². The molecule has 1 heterocycles. The van der Waals surface area contributed by atoms with E-state index in [1.54, 1.807) is 6.92 Å². The van der Waals surface area contributed by atoms with E-state index in [9.17, 15) is 5.11 Å². The second-order valence-corrected chi connectivity index (χ2v) is 5.18. The van der Waals surface area contributed by atoms with Gasteiger partial charge in [0.1, 0.15) is 5.71 Å². The normalized spacial score (nSPS) is 30.7. The van der Waals surface area contributed by atoms with Crippen LogP contribution in [0.2, 0.25) is 0 Å². The highest BCUT2D eigenvalue weighted by molar-refractivity contribution is 5.88. The lowest BCUT2D eigenvalue weighted by atomic mass is 10.0. The van der Waals surface area contributed by atoms with Gasteiger partial charge >= 0.3 is 0 Å². The Labute approximate surface area is 107 Å². The van der Waals surface area contributed by atoms with E-state index in [1.165, 1.54) is 0 Å². The van der Waals surface area contributed by atoms with Gasteiger partial charge in [-0.05, 0) is 19.1 Å². The van der Waals surface area contributed by atoms with Crippen LogP contribution in [0.3, 0.4) is 0 Å². The van der Waals surface area contributed by atoms with Crippen molar-refractivity contribution in [3.63, 3.8) is 0 Å². The smallest absolute Gasteiger partial charge is 0.252 e. The average Bonchev–Trinajstić information content (AvgIpc) is 2.43. The Hall–Kier alpha value is -1.59. The van der Waals surface area contributed by atoms with Crippen LogP contribution in [-0.4, -0.2) is 41.3 Å². The third kappa shape index (κ3) is 2.07. The Balaban J connectivity index is 2.25. The maximum absolute atomic E-state index is 10.5. The van der Waals surface area contributed by atoms with E-state index in [2.05, 4.69) is 15.3 Å². The summed E-state index contributed by atoms with van der Waals surface area (Å²) in [4.78, 5) is 0. The minimum atomic E-state index is -1.07. The Morgan fingerprint density at radius 2 is 1.89 bits per heavy atom. The zero-order valence-corrected chi connectivity index (χ0v) is 11.2. The molecule has 5 nitrogen and oxygen atoms in total. The molecule has 0 bridgehead atoms. The van der Waals surface area contributed by atoms with Crippen molar-refractivity contribution in [2.45, 2.75) is 25.6 Å². The van der Waals surface area contributed by atoms with E-state index in [0.717, 1.165) is 11.4 Å². The lowest BCUT2D eigenvalue weighted by Crippen LogP contribution is -2.56. The summed E-state index contributed by atoms with van der Waals surface area (Å²) in [5.74, 6) is 0. The first kappa shape index (κ1) is 12.9. The summed E-state index contributed by atoms with van der Waals surface area (Å²) < 4.78 is 0.150. The maximum atomic E-state index is 10.5. The van der Waals surface area contributed by atoms with E-state index in [-0.39, 0.29) is 4.59 Å². The molecule has 5 heteroatoms. The highest BCUT2D eigenvalue weighted by Crippen LogP contribution is 2.32. The molecule has 0 aliphatic carbocycles. The Morgan fingerprint density at radius 1 is 1.28 bits per heavy atom. The second-order valence-electron chi connectivity index (χ2n) is 5.18. The van der Waals surface area contributed by atoms with E-state index < -0.39 is 11.8 Å². The predicted octanol–water partition coefficient (Wildman–Crippen LogP) is 2.31. The van der Waals surface area contributed by atoms with Crippen LogP contribution in [0.15, 0.2) is 45.7 Å². The zero-order chi connectivity index (χ0) is 13.4. The van der Waals surface area contributed by atoms with Crippen molar-refractivity contribution in [1.82, 2.24) is 0 Å². The predicted molar refractivity (Wildman–Crippen MR) is 70.6 cm³/mol. The van der Waals surface area contributed by atoms with Crippen molar-refractivity contribution < 1.29 is 9.70 Å². The topological polar surface area (TPSA) is 57.3 Å². The molecule has 1 aromatic carbocycles. The van der Waals surface area contributed by atoms with Crippen molar-refractivity contribution in [2.75, 3.05) is 14.1 Å². The Kier molecular flexibility index (Phi) is 3.04. The van der Waals surface area contributed by atoms with Crippen LogP contribution in [-0.2, 0) is 0 Å². The molecule has 0 aromatic heterocycles. The van der Waals surface area contributed by atoms with Gasteiger partial charge in [-0.2, -0.15) is 14.8 Å². The van der Waals surface area contributed by atoms with Gasteiger partial charge in [-0.1, -0.05) is 23.3 Å². The van der Waals surface area contributed by atoms with Crippen molar-refractivity contribution >= 4 is 11.4 Å². The van der Waals surface area contributed by atoms with Crippen LogP contribution in [0.4, 0.5) is 5.69 Å². The summed E-state index contributed by atoms with van der Waals surface area (Å²) in [5, 5.41) is 23.4. The first-order valence-corrected chi connectivity index (χ1v) is 5.94. The third-order valence-corrected chi connectivity index (χ3v) is 3.47. The molecule has 1 aliphatic heterocycles. The number of rotatable bonds is 2. The molecule has 1 aliphatic rings. The quantitative estimate of drug-likeness (QED) is 0.632. The molecule has 0 saturated heterocycles. The first-order valence-electron chi connectivity index (χ1n) is 5.94. The van der Waals surface area contributed by atoms with Crippen molar-refractivity contribution in [3.05, 3.63) is 30.3 Å². The number of nitrogens with zero attached hydrogens (tertiary/aromatic N) is 4. The minimum Gasteiger partial charge on any atom is -0.339 e. The molecule has 0 radical (unpaired) electrons. The molecule has 2 unspecified atom stereocenters. The van der Waals surface area contributed by atoms with Gasteiger partial charge in [-0.3, -0.25) is 0 Å². The number of azo groups is 1. The lowest BCUT2D eigenvalue weighted by molar-refractivity contribution is -0.964. The Morgan fingerprint density at radius 3 is 2.39 bits per heavy atom. The van der Waals surface area contributed by atoms with Gasteiger partial charge in [0.15, 0.2) is 6.04 Å². The van der Waals surface area contributed by atoms with Crippen LogP contribution in [0.25, 0.3) is 0 Å². The number of likely N-dealkylation sites (N-methyl/N-ethyl adjacent to an activating group) is 1. The molecule has 1 N–H and O–H groups in total. The number of benzene rings is 1. The SMILES string of the molecule is CC1=N[N+](C)(C)C(C)(O)C1N=Nc1ccccc1. The Bertz CT molecular complexity index is 491. The van der Waals surface area contributed by atoms with Gasteiger partial charge in [0.2, 0.25) is 0 Å². The van der Waals surface area contributed by atoms with Gasteiger partial charge in [-0.15, -0.1) is 0 Å². The molecule has 0 fully saturated rings. The molecule has 2 rings (SSSR count). The molecule has 0 saturated carbocycles. The summed E-state index contributed by atoms with van der Waals surface area (Å²) in [6.45, 7) is 3.61. The summed E-state index contributed by atoms with van der Waals surface area (Å²) in [6, 6.07) is 9.08. The summed E-state index contributed by atoms with van der Waals surface area (Å²) in [7, 11) is 3.70. The van der Waals surface area contributed by atoms with E-state index in [1.807, 2.05) is 51.4 Å². The molecular weight excluding hydrogens is 228 g/mol. The number of aliphatic hydroxyl groups is 1. The van der Waals surface area contributed by atoms with Crippen LogP contribution in [0.1, 0.15) is 13.8 Å². The summed E-state index contributed by atoms with van der Waals surface area (Å²) in [5.41, 5.74) is 0.505. The van der Waals surface area contributed by atoms with Gasteiger partial charge < -0.3 is 5.11 Å². The van der Waals surface area contributed by atoms with Crippen molar-refractivity contribution in [3.8, 4) is 0 Å². The summed E-state index contributed by atoms with van der Waals surface area (Å²) in [6.07, 6.45) is 0. The average molecular weight is 247 g/mol. The van der Waals surface area contributed by atoms with Crippen LogP contribution in [0.5, 0.6) is 0 Å². The number of hydrogen-bond donors (Lipinski definition) is 1. The zero-order valence-electron chi connectivity index (χ0n) is 11.2. The second kappa shape index (κ2) is 4.26. The number of quaternary nitrogens is 1. The highest BCUT2D eigenvalue weighted by atomic mass is 16.3. The third-order valence-electron chi connectivity index (χ3n) is 3.47. The van der Waals surface area contributed by atoms with E-state index in [0.29, 0.717) is 0 Å². The molecule has 96 valence electrons. The molecular formula is C13H19N4O+. The lowest BCUT2D eigenvalue weighted by Gasteiger charge is -2.33. The van der Waals surface area contributed by atoms with Gasteiger partial charge in [0, 0.05) is 6.92 Å². The van der Waals surface area contributed by atoms with Crippen LogP contribution >= 0.6 is 0 Å². The molecule has 18 heavy (non-hydrogen) atoms. The van der Waals surface area contributed by atoms with Gasteiger partial charge in [-0.25, -0.2) is 0 Å². The first-order chi connectivity index (χ1) is 8.34. The van der Waals surface area contributed by atoms with E-state index in [4.69, 9.17) is 0 Å². The minimum absolute atomic E-state index is 0.150. The molecule has 0 amide bonds. The molecule has 1 aromatic rings. The summed E-state index contributed by atoms with van der Waals surface area (Å²) >= 11 is 0. The molecule has 2 atom stereocenters. The van der Waals surface area contributed by atoms with Crippen molar-refractivity contribution in [1.29, 1.82) is 0 Å². The number of hydrogen-bond acceptors (Lipinski definition) is 4. The highest BCUT2D eigenvalue weighted by Gasteiger charge is 2.55. The fraction of sp³-hybridized carbons (Fsp3) is 0.462. The standard InChI is InChI=1S/C13H19N4O/c1-10-12(13(2,18)17(3,4)16-10)15-14-11-8-6-5-7-9-11/h5-9,12,18H,1-4H3/q+1. The van der Waals surface area contributed by atoms with Gasteiger partial charge in [0.05, 0.1) is 19.8 Å². The van der Waals surface area contributed by atoms with Crippen LogP contribution < -0.4 is 0 Å². The van der Waals surface area contributed by atoms with Crippen molar-refractivity contribution in [2.24, 2.45) is 15.3 Å². The largest absolute Gasteiger partial charge is 0.339 e. The monoisotopic (exact) mass is 247 g/mol. The van der Waals surface area contributed by atoms with Gasteiger partial charge in [0.25, 0.3) is 5.72 Å². The maximum Gasteiger partial charge on any atom is 0.252 e. The fourth-order valence-electron chi connectivity index (χ4n) is 2.06. The molecule has 0 spiro atoms. The van der Waals surface area contributed by atoms with Crippen LogP contribution in [0, 0.1) is 0 Å².